The Morgan fingerprint density at radius 3 is 2.11 bits per heavy atom. The van der Waals surface area contributed by atoms with Gasteiger partial charge in [0.05, 0.1) is 18.8 Å². The molecule has 2 aromatic carbocycles. The monoisotopic (exact) mass is 582 g/mol. The SMILES string of the molecule is C[C@@H]1[C@H](CN2CCCCCCC2)O[C@H](c2ccc(CNC(=O)C(Cl)(Cl)Cl)cc2)O[C@@H]1c1ccc(CO)cc1. The highest BCUT2D eigenvalue weighted by atomic mass is 35.6. The number of benzene rings is 2. The molecule has 9 heteroatoms. The standard InChI is InChI=1S/C29H37Cl3N2O4/c1-20-25(18-34-15-5-3-2-4-6-16-34)37-27(38-26(20)23-11-9-22(19-35)10-12-23)24-13-7-21(8-14-24)17-33-28(36)29(30,31)32/h7-14,20,25-27,35H,2-6,15-19H2,1H3,(H,33,36)/t20-,25+,26+,27+/m1/s1. The van der Waals surface area contributed by atoms with Crippen LogP contribution in [0, 0.1) is 5.92 Å². The van der Waals surface area contributed by atoms with Crippen LogP contribution in [0.15, 0.2) is 48.5 Å². The molecule has 1 amide bonds. The molecule has 0 spiro atoms. The molecule has 6 nitrogen and oxygen atoms in total. The maximum absolute atomic E-state index is 11.9. The van der Waals surface area contributed by atoms with Crippen molar-refractivity contribution in [3.05, 3.63) is 70.8 Å². The van der Waals surface area contributed by atoms with Crippen molar-refractivity contribution in [1.82, 2.24) is 10.2 Å². The minimum atomic E-state index is -1.99. The van der Waals surface area contributed by atoms with Gasteiger partial charge in [0.2, 0.25) is 0 Å². The van der Waals surface area contributed by atoms with Crippen molar-refractivity contribution < 1.29 is 19.4 Å². The minimum Gasteiger partial charge on any atom is -0.392 e. The van der Waals surface area contributed by atoms with Crippen molar-refractivity contribution in [2.75, 3.05) is 19.6 Å². The van der Waals surface area contributed by atoms with Gasteiger partial charge in [-0.2, -0.15) is 0 Å². The van der Waals surface area contributed by atoms with Gasteiger partial charge in [-0.15, -0.1) is 0 Å². The van der Waals surface area contributed by atoms with Crippen LogP contribution in [0.5, 0.6) is 0 Å². The number of nitrogens with zero attached hydrogens (tertiary/aromatic N) is 1. The Hall–Kier alpha value is -1.38. The summed E-state index contributed by atoms with van der Waals surface area (Å²) in [5.74, 6) is -0.519. The number of alkyl halides is 3. The van der Waals surface area contributed by atoms with Crippen LogP contribution in [0.4, 0.5) is 0 Å². The molecule has 2 N–H and O–H groups in total. The molecule has 0 radical (unpaired) electrons. The van der Waals surface area contributed by atoms with Crippen LogP contribution >= 0.6 is 34.8 Å². The van der Waals surface area contributed by atoms with Crippen LogP contribution in [-0.2, 0) is 27.4 Å². The molecule has 2 saturated heterocycles. The lowest BCUT2D eigenvalue weighted by atomic mass is 9.89. The molecule has 208 valence electrons. The quantitative estimate of drug-likeness (QED) is 0.379. The van der Waals surface area contributed by atoms with E-state index in [4.69, 9.17) is 44.3 Å². The number of amides is 1. The molecule has 0 aliphatic carbocycles. The number of aliphatic hydroxyl groups excluding tert-OH is 1. The summed E-state index contributed by atoms with van der Waals surface area (Å²) in [4.78, 5) is 14.4. The molecule has 0 bridgehead atoms. The second kappa shape index (κ2) is 13.8. The van der Waals surface area contributed by atoms with Gasteiger partial charge in [-0.3, -0.25) is 4.79 Å². The maximum Gasteiger partial charge on any atom is 0.272 e. The van der Waals surface area contributed by atoms with E-state index >= 15 is 0 Å². The number of rotatable bonds is 7. The first kappa shape index (κ1) is 29.6. The maximum atomic E-state index is 11.9. The molecule has 4 atom stereocenters. The van der Waals surface area contributed by atoms with Gasteiger partial charge >= 0.3 is 0 Å². The number of carbonyl (C=O) groups is 1. The van der Waals surface area contributed by atoms with Crippen molar-refractivity contribution in [2.24, 2.45) is 5.92 Å². The molecule has 2 heterocycles. The molecule has 4 rings (SSSR count). The summed E-state index contributed by atoms with van der Waals surface area (Å²) in [7, 11) is 0. The number of nitrogens with one attached hydrogen (secondary N) is 1. The second-order valence-corrected chi connectivity index (χ2v) is 12.6. The third-order valence-corrected chi connectivity index (χ3v) is 7.99. The fourth-order valence-corrected chi connectivity index (χ4v) is 5.35. The van der Waals surface area contributed by atoms with E-state index in [1.165, 1.54) is 32.1 Å². The van der Waals surface area contributed by atoms with Crippen LogP contribution < -0.4 is 5.32 Å². The predicted molar refractivity (Wildman–Crippen MR) is 151 cm³/mol. The van der Waals surface area contributed by atoms with Gasteiger partial charge in [-0.1, -0.05) is 110 Å². The lowest BCUT2D eigenvalue weighted by Gasteiger charge is -2.43. The Kier molecular flexibility index (Phi) is 10.7. The van der Waals surface area contributed by atoms with E-state index in [0.717, 1.165) is 41.9 Å². The molecular weight excluding hydrogens is 547 g/mol. The topological polar surface area (TPSA) is 71.0 Å². The Labute approximate surface area is 240 Å². The average Bonchev–Trinajstić information content (AvgIpc) is 2.89. The van der Waals surface area contributed by atoms with Crippen molar-refractivity contribution in [3.8, 4) is 0 Å². The zero-order valence-electron chi connectivity index (χ0n) is 21.8. The Bertz CT molecular complexity index is 1020. The van der Waals surface area contributed by atoms with Gasteiger partial charge in [-0.25, -0.2) is 0 Å². The third kappa shape index (κ3) is 8.07. The minimum absolute atomic E-state index is 0.000977. The predicted octanol–water partition coefficient (Wildman–Crippen LogP) is 6.22. The highest BCUT2D eigenvalue weighted by Crippen LogP contribution is 2.42. The molecule has 2 aliphatic heterocycles. The molecule has 0 aromatic heterocycles. The van der Waals surface area contributed by atoms with E-state index in [2.05, 4.69) is 17.1 Å². The molecule has 0 unspecified atom stereocenters. The van der Waals surface area contributed by atoms with Crippen LogP contribution in [0.2, 0.25) is 0 Å². The Morgan fingerprint density at radius 1 is 0.921 bits per heavy atom. The zero-order valence-corrected chi connectivity index (χ0v) is 24.0. The summed E-state index contributed by atoms with van der Waals surface area (Å²) >= 11 is 16.9. The van der Waals surface area contributed by atoms with Gasteiger partial charge in [0.25, 0.3) is 9.70 Å². The van der Waals surface area contributed by atoms with Gasteiger partial charge in [0, 0.05) is 24.6 Å². The van der Waals surface area contributed by atoms with Crippen molar-refractivity contribution >= 4 is 40.7 Å². The van der Waals surface area contributed by atoms with Crippen LogP contribution in [-0.4, -0.2) is 45.4 Å². The second-order valence-electron chi connectivity index (χ2n) is 10.3. The Morgan fingerprint density at radius 2 is 1.50 bits per heavy atom. The van der Waals surface area contributed by atoms with Crippen LogP contribution in [0.25, 0.3) is 0 Å². The third-order valence-electron chi connectivity index (χ3n) is 7.47. The molecule has 2 fully saturated rings. The van der Waals surface area contributed by atoms with Gasteiger partial charge < -0.3 is 24.8 Å². The van der Waals surface area contributed by atoms with Gasteiger partial charge in [0.15, 0.2) is 6.29 Å². The first-order valence-corrected chi connectivity index (χ1v) is 14.5. The summed E-state index contributed by atoms with van der Waals surface area (Å²) in [6, 6.07) is 15.7. The first-order valence-electron chi connectivity index (χ1n) is 13.4. The number of carbonyl (C=O) groups excluding carboxylic acids is 1. The highest BCUT2D eigenvalue weighted by molar-refractivity contribution is 6.76. The summed E-state index contributed by atoms with van der Waals surface area (Å²) in [5, 5.41) is 12.1. The summed E-state index contributed by atoms with van der Waals surface area (Å²) in [5.41, 5.74) is 3.73. The van der Waals surface area contributed by atoms with Crippen LogP contribution in [0.3, 0.4) is 0 Å². The smallest absolute Gasteiger partial charge is 0.272 e. The summed E-state index contributed by atoms with van der Waals surface area (Å²) in [6.07, 6.45) is 5.68. The molecule has 2 aromatic rings. The fourth-order valence-electron chi connectivity index (χ4n) is 5.15. The van der Waals surface area contributed by atoms with E-state index in [1.807, 2.05) is 48.5 Å². The lowest BCUT2D eigenvalue weighted by Crippen LogP contribution is -2.45. The fraction of sp³-hybridized carbons (Fsp3) is 0.552. The van der Waals surface area contributed by atoms with E-state index in [1.54, 1.807) is 0 Å². The molecule has 2 aliphatic rings. The average molecular weight is 584 g/mol. The summed E-state index contributed by atoms with van der Waals surface area (Å²) in [6.45, 7) is 5.53. The molecule has 0 saturated carbocycles. The molecular formula is C29H37Cl3N2O4. The van der Waals surface area contributed by atoms with E-state index in [9.17, 15) is 9.90 Å². The molecule has 38 heavy (non-hydrogen) atoms. The summed E-state index contributed by atoms with van der Waals surface area (Å²) < 4.78 is 11.2. The zero-order chi connectivity index (χ0) is 27.1. The normalized spacial score (nSPS) is 25.4. The first-order chi connectivity index (χ1) is 18.2. The number of aliphatic hydroxyl groups is 1. The van der Waals surface area contributed by atoms with Gasteiger partial charge in [-0.05, 0) is 42.6 Å². The van der Waals surface area contributed by atoms with E-state index < -0.39 is 16.0 Å². The highest BCUT2D eigenvalue weighted by Gasteiger charge is 2.39. The number of likely N-dealkylation sites (tertiary alicyclic amines) is 1. The number of hydrogen-bond donors (Lipinski definition) is 2. The largest absolute Gasteiger partial charge is 0.392 e. The lowest BCUT2D eigenvalue weighted by molar-refractivity contribution is -0.276. The van der Waals surface area contributed by atoms with Gasteiger partial charge in [0.1, 0.15) is 0 Å². The number of ether oxygens (including phenoxy) is 2. The Balaban J connectivity index is 1.51. The number of halogens is 3. The van der Waals surface area contributed by atoms with E-state index in [-0.39, 0.29) is 31.3 Å². The van der Waals surface area contributed by atoms with E-state index in [0.29, 0.717) is 0 Å². The van der Waals surface area contributed by atoms with Crippen molar-refractivity contribution in [2.45, 2.75) is 74.5 Å². The van der Waals surface area contributed by atoms with Crippen molar-refractivity contribution in [3.63, 3.8) is 0 Å². The van der Waals surface area contributed by atoms with Crippen LogP contribution in [0.1, 0.15) is 73.7 Å². The number of hydrogen-bond acceptors (Lipinski definition) is 5. The van der Waals surface area contributed by atoms with Crippen molar-refractivity contribution in [1.29, 1.82) is 0 Å².